The highest BCUT2D eigenvalue weighted by atomic mass is 16.5. The molecule has 2 amide bonds. The summed E-state index contributed by atoms with van der Waals surface area (Å²) in [5.41, 5.74) is 2.39. The third-order valence-corrected chi connectivity index (χ3v) is 4.58. The fraction of sp³-hybridized carbons (Fsp3) is 0.579. The Bertz CT molecular complexity index is 591. The highest BCUT2D eigenvalue weighted by Crippen LogP contribution is 2.18. The van der Waals surface area contributed by atoms with Gasteiger partial charge in [0.25, 0.3) is 0 Å². The van der Waals surface area contributed by atoms with Gasteiger partial charge in [0.1, 0.15) is 0 Å². The second-order valence-corrected chi connectivity index (χ2v) is 6.44. The fourth-order valence-corrected chi connectivity index (χ4v) is 3.12. The van der Waals surface area contributed by atoms with E-state index in [4.69, 9.17) is 4.74 Å². The van der Waals surface area contributed by atoms with E-state index in [0.717, 1.165) is 13.1 Å². The molecule has 0 saturated carbocycles. The Labute approximate surface area is 150 Å². The highest BCUT2D eigenvalue weighted by molar-refractivity contribution is 5.89. The number of ether oxygens (including phenoxy) is 1. The molecule has 138 valence electrons. The van der Waals surface area contributed by atoms with Crippen LogP contribution in [0.3, 0.4) is 0 Å². The lowest BCUT2D eigenvalue weighted by Crippen LogP contribution is -2.38. The van der Waals surface area contributed by atoms with Gasteiger partial charge < -0.3 is 19.9 Å². The fourth-order valence-electron chi connectivity index (χ4n) is 3.12. The van der Waals surface area contributed by atoms with Crippen molar-refractivity contribution in [2.75, 3.05) is 51.3 Å². The Morgan fingerprint density at radius 1 is 1.44 bits per heavy atom. The number of hydrogen-bond acceptors (Lipinski definition) is 4. The van der Waals surface area contributed by atoms with Gasteiger partial charge in [-0.2, -0.15) is 0 Å². The van der Waals surface area contributed by atoms with E-state index in [1.165, 1.54) is 11.3 Å². The number of aryl methyl sites for hydroxylation is 1. The minimum absolute atomic E-state index is 0.0337. The van der Waals surface area contributed by atoms with Crippen molar-refractivity contribution in [3.8, 4) is 0 Å². The van der Waals surface area contributed by atoms with E-state index in [0.29, 0.717) is 32.7 Å². The van der Waals surface area contributed by atoms with Crippen LogP contribution in [0.4, 0.5) is 5.69 Å². The molecule has 1 aliphatic heterocycles. The average molecular weight is 347 g/mol. The largest absolute Gasteiger partial charge is 0.383 e. The van der Waals surface area contributed by atoms with E-state index in [9.17, 15) is 9.59 Å². The van der Waals surface area contributed by atoms with Crippen LogP contribution in [0.1, 0.15) is 18.9 Å². The third kappa shape index (κ3) is 5.46. The average Bonchev–Trinajstić information content (AvgIpc) is 2.97. The second kappa shape index (κ2) is 9.42. The maximum Gasteiger partial charge on any atom is 0.225 e. The quantitative estimate of drug-likeness (QED) is 0.734. The first-order valence-corrected chi connectivity index (χ1v) is 8.91. The smallest absolute Gasteiger partial charge is 0.225 e. The molecule has 1 N–H and O–H groups in total. The van der Waals surface area contributed by atoms with Gasteiger partial charge >= 0.3 is 0 Å². The molecule has 1 heterocycles. The van der Waals surface area contributed by atoms with E-state index in [-0.39, 0.29) is 17.7 Å². The minimum Gasteiger partial charge on any atom is -0.383 e. The summed E-state index contributed by atoms with van der Waals surface area (Å²) in [5, 5.41) is 2.98. The van der Waals surface area contributed by atoms with Crippen LogP contribution in [0.2, 0.25) is 0 Å². The zero-order chi connectivity index (χ0) is 18.2. The van der Waals surface area contributed by atoms with Crippen molar-refractivity contribution in [1.29, 1.82) is 0 Å². The molecule has 1 aliphatic rings. The monoisotopic (exact) mass is 347 g/mol. The van der Waals surface area contributed by atoms with Gasteiger partial charge in [-0.1, -0.05) is 12.1 Å². The number of methoxy groups -OCH3 is 1. The molecule has 1 aromatic rings. The molecule has 1 unspecified atom stereocenters. The van der Waals surface area contributed by atoms with E-state index in [2.05, 4.69) is 42.3 Å². The molecule has 0 bridgehead atoms. The molecule has 1 fully saturated rings. The van der Waals surface area contributed by atoms with Gasteiger partial charge in [-0.3, -0.25) is 9.59 Å². The van der Waals surface area contributed by atoms with Crippen LogP contribution >= 0.6 is 0 Å². The summed E-state index contributed by atoms with van der Waals surface area (Å²) in [6.07, 6.45) is 0.297. The van der Waals surface area contributed by atoms with Crippen molar-refractivity contribution in [3.63, 3.8) is 0 Å². The van der Waals surface area contributed by atoms with E-state index < -0.39 is 0 Å². The summed E-state index contributed by atoms with van der Waals surface area (Å²) < 4.78 is 5.00. The van der Waals surface area contributed by atoms with E-state index in [1.54, 1.807) is 12.0 Å². The van der Waals surface area contributed by atoms with Crippen molar-refractivity contribution in [2.24, 2.45) is 5.92 Å². The molecule has 6 nitrogen and oxygen atoms in total. The van der Waals surface area contributed by atoms with Crippen molar-refractivity contribution in [1.82, 2.24) is 10.2 Å². The first-order chi connectivity index (χ1) is 12.0. The van der Waals surface area contributed by atoms with Crippen LogP contribution in [0, 0.1) is 12.8 Å². The SMILES string of the molecule is CCN(CCNC(=O)C1CC(=O)N(CCOC)C1)c1cccc(C)c1. The number of carbonyl (C=O) groups is 2. The Morgan fingerprint density at radius 3 is 2.92 bits per heavy atom. The summed E-state index contributed by atoms with van der Waals surface area (Å²) >= 11 is 0. The van der Waals surface area contributed by atoms with E-state index >= 15 is 0 Å². The number of likely N-dealkylation sites (N-methyl/N-ethyl adjacent to an activating group) is 1. The van der Waals surface area contributed by atoms with Gasteiger partial charge in [-0.05, 0) is 31.5 Å². The first-order valence-electron chi connectivity index (χ1n) is 8.91. The summed E-state index contributed by atoms with van der Waals surface area (Å²) in [7, 11) is 1.61. The summed E-state index contributed by atoms with van der Waals surface area (Å²) in [5.74, 6) is -0.251. The molecule has 1 aromatic carbocycles. The predicted octanol–water partition coefficient (Wildman–Crippen LogP) is 1.43. The third-order valence-electron chi connectivity index (χ3n) is 4.58. The molecular weight excluding hydrogens is 318 g/mol. The minimum atomic E-state index is -0.251. The van der Waals surface area contributed by atoms with Gasteiger partial charge in [0.15, 0.2) is 0 Å². The number of anilines is 1. The van der Waals surface area contributed by atoms with Gasteiger partial charge in [-0.25, -0.2) is 0 Å². The number of nitrogens with zero attached hydrogens (tertiary/aromatic N) is 2. The lowest BCUT2D eigenvalue weighted by Gasteiger charge is -2.24. The van der Waals surface area contributed by atoms with Crippen LogP contribution in [0.15, 0.2) is 24.3 Å². The topological polar surface area (TPSA) is 61.9 Å². The van der Waals surface area contributed by atoms with Crippen LogP contribution in [0.25, 0.3) is 0 Å². The lowest BCUT2D eigenvalue weighted by molar-refractivity contribution is -0.129. The number of nitrogens with one attached hydrogen (secondary N) is 1. The molecule has 0 aromatic heterocycles. The van der Waals surface area contributed by atoms with Crippen LogP contribution in [-0.2, 0) is 14.3 Å². The molecule has 25 heavy (non-hydrogen) atoms. The molecule has 1 saturated heterocycles. The Balaban J connectivity index is 1.79. The standard InChI is InChI=1S/C19H29N3O3/c1-4-21(17-7-5-6-15(2)12-17)9-8-20-19(24)16-13-18(23)22(14-16)10-11-25-3/h5-7,12,16H,4,8-11,13-14H2,1-3H3,(H,20,24). The molecule has 1 atom stereocenters. The molecule has 0 aliphatic carbocycles. The van der Waals surface area contributed by atoms with E-state index in [1.807, 2.05) is 6.07 Å². The number of likely N-dealkylation sites (tertiary alicyclic amines) is 1. The van der Waals surface area contributed by atoms with Gasteiger partial charge in [0, 0.05) is 51.9 Å². The van der Waals surface area contributed by atoms with Crippen LogP contribution in [0.5, 0.6) is 0 Å². The first kappa shape index (κ1) is 19.2. The summed E-state index contributed by atoms with van der Waals surface area (Å²) in [6, 6.07) is 8.35. The van der Waals surface area contributed by atoms with Gasteiger partial charge in [-0.15, -0.1) is 0 Å². The van der Waals surface area contributed by atoms with Crippen molar-refractivity contribution >= 4 is 17.5 Å². The Morgan fingerprint density at radius 2 is 2.24 bits per heavy atom. The van der Waals surface area contributed by atoms with Gasteiger partial charge in [0.2, 0.25) is 11.8 Å². The summed E-state index contributed by atoms with van der Waals surface area (Å²) in [6.45, 7) is 7.93. The van der Waals surface area contributed by atoms with Crippen LogP contribution in [-0.4, -0.2) is 63.2 Å². The number of rotatable bonds is 9. The molecule has 0 radical (unpaired) electrons. The lowest BCUT2D eigenvalue weighted by atomic mass is 10.1. The zero-order valence-corrected chi connectivity index (χ0v) is 15.5. The predicted molar refractivity (Wildman–Crippen MR) is 98.6 cm³/mol. The zero-order valence-electron chi connectivity index (χ0n) is 15.5. The van der Waals surface area contributed by atoms with Crippen molar-refractivity contribution < 1.29 is 14.3 Å². The molecule has 6 heteroatoms. The molecule has 2 rings (SSSR count). The number of hydrogen-bond donors (Lipinski definition) is 1. The molecular formula is C19H29N3O3. The van der Waals surface area contributed by atoms with Gasteiger partial charge in [0.05, 0.1) is 12.5 Å². The number of amides is 2. The van der Waals surface area contributed by atoms with Crippen molar-refractivity contribution in [2.45, 2.75) is 20.3 Å². The maximum atomic E-state index is 12.3. The van der Waals surface area contributed by atoms with Crippen molar-refractivity contribution in [3.05, 3.63) is 29.8 Å². The normalized spacial score (nSPS) is 17.0. The Hall–Kier alpha value is -2.08. The van der Waals surface area contributed by atoms with Crippen LogP contribution < -0.4 is 10.2 Å². The number of carbonyl (C=O) groups excluding carboxylic acids is 2. The second-order valence-electron chi connectivity index (χ2n) is 6.44. The summed E-state index contributed by atoms with van der Waals surface area (Å²) in [4.78, 5) is 28.2. The maximum absolute atomic E-state index is 12.3. The molecule has 0 spiro atoms. The number of benzene rings is 1. The Kier molecular flexibility index (Phi) is 7.25. The highest BCUT2D eigenvalue weighted by Gasteiger charge is 2.33.